The Balaban J connectivity index is 1.71. The average Bonchev–Trinajstić information content (AvgIpc) is 2.90. The summed E-state index contributed by atoms with van der Waals surface area (Å²) in [6.07, 6.45) is 0.938. The van der Waals surface area contributed by atoms with Gasteiger partial charge in [0.1, 0.15) is 0 Å². The van der Waals surface area contributed by atoms with Gasteiger partial charge in [-0.3, -0.25) is 0 Å². The number of hydrogen-bond acceptors (Lipinski definition) is 4. The quantitative estimate of drug-likeness (QED) is 0.929. The van der Waals surface area contributed by atoms with Crippen molar-refractivity contribution in [2.45, 2.75) is 25.9 Å². The minimum absolute atomic E-state index is 0.345. The van der Waals surface area contributed by atoms with Crippen LogP contribution in [-0.4, -0.2) is 13.2 Å². The number of fused-ring (bicyclic) bond motifs is 1. The van der Waals surface area contributed by atoms with E-state index in [1.54, 1.807) is 11.3 Å². The van der Waals surface area contributed by atoms with Gasteiger partial charge in [-0.05, 0) is 24.4 Å². The minimum atomic E-state index is 0.345. The summed E-state index contributed by atoms with van der Waals surface area (Å²) in [5.41, 5.74) is 1.16. The van der Waals surface area contributed by atoms with E-state index in [1.807, 2.05) is 12.1 Å². The normalized spacial score (nSPS) is 15.7. The van der Waals surface area contributed by atoms with Gasteiger partial charge in [-0.15, -0.1) is 11.3 Å². The molecule has 20 heavy (non-hydrogen) atoms. The Kier molecular flexibility index (Phi) is 4.23. The molecule has 3 nitrogen and oxygen atoms in total. The van der Waals surface area contributed by atoms with E-state index in [2.05, 4.69) is 35.8 Å². The van der Waals surface area contributed by atoms with E-state index in [9.17, 15) is 0 Å². The first-order chi connectivity index (χ1) is 9.84. The molecule has 0 unspecified atom stereocenters. The van der Waals surface area contributed by atoms with Crippen LogP contribution in [0.2, 0.25) is 0 Å². The summed E-state index contributed by atoms with van der Waals surface area (Å²) < 4.78 is 11.6. The molecule has 0 radical (unpaired) electrons. The second-order valence-electron chi connectivity index (χ2n) is 4.91. The van der Waals surface area contributed by atoms with Crippen LogP contribution in [0.5, 0.6) is 11.5 Å². The van der Waals surface area contributed by atoms with Gasteiger partial charge in [0.05, 0.1) is 13.2 Å². The first-order valence-corrected chi connectivity index (χ1v) is 7.87. The minimum Gasteiger partial charge on any atom is -0.490 e. The van der Waals surface area contributed by atoms with Crippen molar-refractivity contribution in [3.05, 3.63) is 46.2 Å². The predicted molar refractivity (Wildman–Crippen MR) is 81.6 cm³/mol. The lowest BCUT2D eigenvalue weighted by molar-refractivity contribution is 0.296. The summed E-state index contributed by atoms with van der Waals surface area (Å²) in [6, 6.07) is 10.7. The van der Waals surface area contributed by atoms with Crippen LogP contribution < -0.4 is 14.8 Å². The van der Waals surface area contributed by atoms with Crippen LogP contribution in [0.25, 0.3) is 0 Å². The third-order valence-electron chi connectivity index (χ3n) is 3.42. The summed E-state index contributed by atoms with van der Waals surface area (Å²) in [5, 5.41) is 5.66. The number of rotatable bonds is 4. The fraction of sp³-hybridized carbons (Fsp3) is 0.375. The molecule has 0 amide bonds. The van der Waals surface area contributed by atoms with Gasteiger partial charge in [0.25, 0.3) is 0 Å². The molecule has 2 aromatic rings. The van der Waals surface area contributed by atoms with Crippen LogP contribution in [0.3, 0.4) is 0 Å². The summed E-state index contributed by atoms with van der Waals surface area (Å²) in [7, 11) is 0. The topological polar surface area (TPSA) is 30.5 Å². The zero-order chi connectivity index (χ0) is 13.8. The molecule has 1 aliphatic heterocycles. The maximum absolute atomic E-state index is 5.84. The maximum Gasteiger partial charge on any atom is 0.165 e. The zero-order valence-corrected chi connectivity index (χ0v) is 12.4. The lowest BCUT2D eigenvalue weighted by atomic mass is 10.1. The summed E-state index contributed by atoms with van der Waals surface area (Å²) in [4.78, 5) is 1.35. The van der Waals surface area contributed by atoms with Gasteiger partial charge in [0, 0.05) is 29.4 Å². The van der Waals surface area contributed by atoms with Crippen molar-refractivity contribution < 1.29 is 9.47 Å². The van der Waals surface area contributed by atoms with Gasteiger partial charge < -0.3 is 14.8 Å². The largest absolute Gasteiger partial charge is 0.490 e. The Hall–Kier alpha value is -1.52. The van der Waals surface area contributed by atoms with Crippen molar-refractivity contribution in [2.75, 3.05) is 13.2 Å². The second-order valence-corrected chi connectivity index (χ2v) is 5.89. The lowest BCUT2D eigenvalue weighted by Gasteiger charge is -2.16. The smallest absolute Gasteiger partial charge is 0.165 e. The van der Waals surface area contributed by atoms with Crippen molar-refractivity contribution in [1.29, 1.82) is 0 Å². The fourth-order valence-corrected chi connectivity index (χ4v) is 3.05. The fourth-order valence-electron chi connectivity index (χ4n) is 2.29. The molecular formula is C16H19NO2S. The van der Waals surface area contributed by atoms with E-state index in [0.29, 0.717) is 6.04 Å². The molecule has 0 aliphatic carbocycles. The Morgan fingerprint density at radius 3 is 2.95 bits per heavy atom. The number of nitrogens with one attached hydrogen (secondary N) is 1. The zero-order valence-electron chi connectivity index (χ0n) is 11.6. The molecule has 0 bridgehead atoms. The van der Waals surface area contributed by atoms with Gasteiger partial charge in [-0.2, -0.15) is 0 Å². The van der Waals surface area contributed by atoms with Crippen LogP contribution in [0, 0.1) is 0 Å². The van der Waals surface area contributed by atoms with Gasteiger partial charge in [-0.1, -0.05) is 18.2 Å². The summed E-state index contributed by atoms with van der Waals surface area (Å²) in [5.74, 6) is 1.77. The molecule has 0 saturated heterocycles. The van der Waals surface area contributed by atoms with E-state index >= 15 is 0 Å². The Morgan fingerprint density at radius 2 is 2.10 bits per heavy atom. The second kappa shape index (κ2) is 6.29. The van der Waals surface area contributed by atoms with Crippen LogP contribution in [-0.2, 0) is 6.54 Å². The summed E-state index contributed by atoms with van der Waals surface area (Å²) >= 11 is 1.78. The van der Waals surface area contributed by atoms with Gasteiger partial charge in [-0.25, -0.2) is 0 Å². The molecule has 1 atom stereocenters. The third-order valence-corrected chi connectivity index (χ3v) is 4.48. The Labute approximate surface area is 123 Å². The molecule has 0 fully saturated rings. The monoisotopic (exact) mass is 289 g/mol. The van der Waals surface area contributed by atoms with E-state index in [-0.39, 0.29) is 0 Å². The predicted octanol–water partition coefficient (Wildman–Crippen LogP) is 3.76. The van der Waals surface area contributed by atoms with Crippen molar-refractivity contribution >= 4 is 11.3 Å². The molecule has 1 N–H and O–H groups in total. The van der Waals surface area contributed by atoms with Gasteiger partial charge in [0.15, 0.2) is 11.5 Å². The van der Waals surface area contributed by atoms with Crippen LogP contribution in [0.4, 0.5) is 0 Å². The van der Waals surface area contributed by atoms with Crippen molar-refractivity contribution in [3.63, 3.8) is 0 Å². The summed E-state index contributed by atoms with van der Waals surface area (Å²) in [6.45, 7) is 4.43. The highest BCUT2D eigenvalue weighted by atomic mass is 32.1. The molecule has 0 saturated carbocycles. The molecule has 4 heteroatoms. The highest BCUT2D eigenvalue weighted by Gasteiger charge is 2.15. The molecule has 106 valence electrons. The standard InChI is InChI=1S/C16H19NO2S/c1-12(15-7-3-10-20-15)17-11-13-5-2-6-14-16(13)19-9-4-8-18-14/h2-3,5-7,10,12,17H,4,8-9,11H2,1H3/t12-/m0/s1. The van der Waals surface area contributed by atoms with Crippen LogP contribution >= 0.6 is 11.3 Å². The molecule has 1 aromatic heterocycles. The number of hydrogen-bond donors (Lipinski definition) is 1. The molecule has 1 aromatic carbocycles. The van der Waals surface area contributed by atoms with E-state index < -0.39 is 0 Å². The number of ether oxygens (including phenoxy) is 2. The SMILES string of the molecule is C[C@H](NCc1cccc2c1OCCCO2)c1cccs1. The van der Waals surface area contributed by atoms with E-state index in [0.717, 1.165) is 43.2 Å². The average molecular weight is 289 g/mol. The van der Waals surface area contributed by atoms with Crippen molar-refractivity contribution in [1.82, 2.24) is 5.32 Å². The highest BCUT2D eigenvalue weighted by Crippen LogP contribution is 2.33. The Bertz CT molecular complexity index is 554. The first-order valence-electron chi connectivity index (χ1n) is 6.99. The Morgan fingerprint density at radius 1 is 1.20 bits per heavy atom. The van der Waals surface area contributed by atoms with Crippen LogP contribution in [0.15, 0.2) is 35.7 Å². The van der Waals surface area contributed by atoms with E-state index in [1.165, 1.54) is 4.88 Å². The highest BCUT2D eigenvalue weighted by molar-refractivity contribution is 7.10. The first kappa shape index (κ1) is 13.5. The number of para-hydroxylation sites is 1. The van der Waals surface area contributed by atoms with Crippen molar-refractivity contribution in [3.8, 4) is 11.5 Å². The molecule has 2 heterocycles. The molecule has 1 aliphatic rings. The van der Waals surface area contributed by atoms with Crippen LogP contribution in [0.1, 0.15) is 29.8 Å². The van der Waals surface area contributed by atoms with E-state index in [4.69, 9.17) is 9.47 Å². The lowest BCUT2D eigenvalue weighted by Crippen LogP contribution is -2.17. The molecule has 0 spiro atoms. The third kappa shape index (κ3) is 2.97. The maximum atomic E-state index is 5.84. The van der Waals surface area contributed by atoms with Gasteiger partial charge >= 0.3 is 0 Å². The number of benzene rings is 1. The molecular weight excluding hydrogens is 270 g/mol. The van der Waals surface area contributed by atoms with Crippen molar-refractivity contribution in [2.24, 2.45) is 0 Å². The number of thiophene rings is 1. The molecule has 3 rings (SSSR count). The van der Waals surface area contributed by atoms with Gasteiger partial charge in [0.2, 0.25) is 0 Å².